The molecule has 1 amide bonds. The number of likely N-dealkylation sites (tertiary alicyclic amines) is 1. The van der Waals surface area contributed by atoms with E-state index in [0.29, 0.717) is 22.4 Å². The number of Topliss-reactive ketones (excluding diaryl/α,β-unsaturated/α-hetero) is 2. The summed E-state index contributed by atoms with van der Waals surface area (Å²) in [6.45, 7) is 1.76. The van der Waals surface area contributed by atoms with Crippen LogP contribution in [0.15, 0.2) is 51.7 Å². The Kier molecular flexibility index (Phi) is 6.04. The molecule has 3 aliphatic carbocycles. The molecule has 0 spiro atoms. The molecular weight excluding hydrogens is 518 g/mol. The first-order valence-corrected chi connectivity index (χ1v) is 13.4. The molecule has 0 bridgehead atoms. The fraction of sp³-hybridized carbons (Fsp3) is 0.414. The van der Waals surface area contributed by atoms with Crippen molar-refractivity contribution in [3.8, 4) is 16.9 Å². The monoisotopic (exact) mass is 549 g/mol. The number of aliphatic hydroxyl groups is 3. The summed E-state index contributed by atoms with van der Waals surface area (Å²) in [4.78, 5) is 41.4. The lowest BCUT2D eigenvalue weighted by Gasteiger charge is -2.45. The van der Waals surface area contributed by atoms with Crippen molar-refractivity contribution in [1.29, 1.82) is 0 Å². The van der Waals surface area contributed by atoms with Gasteiger partial charge in [0.25, 0.3) is 5.91 Å². The lowest BCUT2D eigenvalue weighted by atomic mass is 9.60. The van der Waals surface area contributed by atoms with Crippen molar-refractivity contribution in [3.63, 3.8) is 0 Å². The summed E-state index contributed by atoms with van der Waals surface area (Å²) in [6.07, 6.45) is 4.77. The summed E-state index contributed by atoms with van der Waals surface area (Å²) in [5.41, 5.74) is 4.00. The van der Waals surface area contributed by atoms with Crippen molar-refractivity contribution in [2.24, 2.45) is 17.6 Å². The molecule has 210 valence electrons. The summed E-state index contributed by atoms with van der Waals surface area (Å²) >= 11 is 0. The Morgan fingerprint density at radius 3 is 2.55 bits per heavy atom. The fourth-order valence-electron chi connectivity index (χ4n) is 6.85. The summed E-state index contributed by atoms with van der Waals surface area (Å²) in [5.74, 6) is -6.47. The van der Waals surface area contributed by atoms with E-state index < -0.39 is 52.0 Å². The van der Waals surface area contributed by atoms with Gasteiger partial charge in [0.2, 0.25) is 5.78 Å². The minimum absolute atomic E-state index is 0.0225. The van der Waals surface area contributed by atoms with Crippen LogP contribution in [0, 0.1) is 11.8 Å². The second-order valence-corrected chi connectivity index (χ2v) is 11.3. The van der Waals surface area contributed by atoms with Gasteiger partial charge in [0.1, 0.15) is 22.8 Å². The number of allylic oxidation sites excluding steroid dienone is 2. The van der Waals surface area contributed by atoms with Crippen LogP contribution < -0.4 is 11.1 Å². The molecule has 1 aromatic carbocycles. The van der Waals surface area contributed by atoms with Crippen LogP contribution in [0.1, 0.15) is 41.6 Å². The number of nitrogens with one attached hydrogen (secondary N) is 1. The maximum absolute atomic E-state index is 14.1. The first-order chi connectivity index (χ1) is 19.0. The Bertz CT molecular complexity index is 1500. The topological polar surface area (TPSA) is 187 Å². The Morgan fingerprint density at radius 1 is 1.18 bits per heavy atom. The third-order valence-corrected chi connectivity index (χ3v) is 8.97. The van der Waals surface area contributed by atoms with Gasteiger partial charge in [-0.1, -0.05) is 0 Å². The first kappa shape index (κ1) is 26.1. The highest BCUT2D eigenvalue weighted by molar-refractivity contribution is 6.24. The van der Waals surface area contributed by atoms with Crippen molar-refractivity contribution in [2.45, 2.75) is 43.7 Å². The molecule has 0 unspecified atom stereocenters. The van der Waals surface area contributed by atoms with Gasteiger partial charge in [0.15, 0.2) is 11.4 Å². The number of carbonyl (C=O) groups is 3. The zero-order valence-electron chi connectivity index (χ0n) is 21.9. The number of phenols is 1. The Morgan fingerprint density at radius 2 is 1.90 bits per heavy atom. The Balaban J connectivity index is 1.48. The molecule has 0 radical (unpaired) electrons. The molecule has 1 aromatic heterocycles. The minimum atomic E-state index is -2.59. The van der Waals surface area contributed by atoms with Crippen molar-refractivity contribution in [1.82, 2.24) is 4.90 Å². The van der Waals surface area contributed by atoms with Gasteiger partial charge < -0.3 is 40.8 Å². The van der Waals surface area contributed by atoms with Crippen molar-refractivity contribution >= 4 is 23.2 Å². The third kappa shape index (κ3) is 3.75. The number of carbonyl (C=O) groups excluding carboxylic acids is 3. The van der Waals surface area contributed by atoms with Gasteiger partial charge in [-0.25, -0.2) is 0 Å². The normalized spacial score (nSPS) is 27.4. The van der Waals surface area contributed by atoms with Gasteiger partial charge >= 0.3 is 0 Å². The summed E-state index contributed by atoms with van der Waals surface area (Å²) in [5, 5.41) is 48.0. The molecule has 40 heavy (non-hydrogen) atoms. The number of aliphatic hydroxyl groups excluding tert-OH is 2. The van der Waals surface area contributed by atoms with Crippen LogP contribution >= 0.6 is 0 Å². The molecule has 6 rings (SSSR count). The Labute approximate surface area is 229 Å². The van der Waals surface area contributed by atoms with E-state index in [1.807, 2.05) is 7.05 Å². The predicted octanol–water partition coefficient (Wildman–Crippen LogP) is 2.35. The number of phenolic OH excluding ortho intramolecular Hbond substituents is 1. The largest absolute Gasteiger partial charge is 0.511 e. The summed E-state index contributed by atoms with van der Waals surface area (Å²) < 4.78 is 5.32. The molecule has 11 heteroatoms. The van der Waals surface area contributed by atoms with Gasteiger partial charge in [0, 0.05) is 29.5 Å². The number of nitrogens with two attached hydrogens (primary N) is 1. The summed E-state index contributed by atoms with van der Waals surface area (Å²) in [6, 6.07) is 3.63. The molecule has 2 aromatic rings. The van der Waals surface area contributed by atoms with E-state index in [9.17, 15) is 34.8 Å². The highest BCUT2D eigenvalue weighted by Gasteiger charge is 2.59. The van der Waals surface area contributed by atoms with Crippen molar-refractivity contribution in [3.05, 3.63) is 58.5 Å². The average molecular weight is 550 g/mol. The van der Waals surface area contributed by atoms with E-state index in [4.69, 9.17) is 10.2 Å². The van der Waals surface area contributed by atoms with E-state index in [1.165, 1.54) is 6.26 Å². The molecule has 0 saturated carbocycles. The number of nitrogens with zero attached hydrogens (tertiary/aromatic N) is 1. The number of hydrogen-bond acceptors (Lipinski definition) is 10. The fourth-order valence-corrected chi connectivity index (χ4v) is 6.85. The van der Waals surface area contributed by atoms with Gasteiger partial charge in [-0.05, 0) is 75.0 Å². The first-order valence-electron chi connectivity index (χ1n) is 13.4. The number of aromatic hydroxyl groups is 1. The number of rotatable bonds is 4. The van der Waals surface area contributed by atoms with Crippen LogP contribution in [-0.4, -0.2) is 74.6 Å². The van der Waals surface area contributed by atoms with E-state index in [-0.39, 0.29) is 42.2 Å². The second kappa shape index (κ2) is 9.24. The molecule has 1 fully saturated rings. The molecular formula is C29H31N3O8. The quantitative estimate of drug-likeness (QED) is 0.244. The zero-order valence-corrected chi connectivity index (χ0v) is 21.9. The number of piperidine rings is 1. The molecule has 4 aliphatic rings. The molecule has 7 N–H and O–H groups in total. The highest BCUT2D eigenvalue weighted by Crippen LogP contribution is 2.53. The number of hydrogen-bond donors (Lipinski definition) is 6. The van der Waals surface area contributed by atoms with Gasteiger partial charge in [-0.15, -0.1) is 0 Å². The van der Waals surface area contributed by atoms with Crippen LogP contribution in [0.25, 0.3) is 11.1 Å². The zero-order chi connectivity index (χ0) is 28.5. The maximum Gasteiger partial charge on any atom is 0.255 e. The number of furan rings is 1. The van der Waals surface area contributed by atoms with E-state index in [1.54, 1.807) is 18.4 Å². The van der Waals surface area contributed by atoms with Crippen LogP contribution in [0.4, 0.5) is 5.69 Å². The predicted molar refractivity (Wildman–Crippen MR) is 143 cm³/mol. The number of anilines is 1. The smallest absolute Gasteiger partial charge is 0.255 e. The second-order valence-electron chi connectivity index (χ2n) is 11.3. The minimum Gasteiger partial charge on any atom is -0.511 e. The molecule has 1 aliphatic heterocycles. The maximum atomic E-state index is 14.1. The molecule has 2 heterocycles. The SMILES string of the molecule is CN1CCC(Nc2cc(-c3ccoc3)c3c(c2O)C(=O)C2=C(O)[C@]4(O)C(=O)C(C(N)=O)=C(O)C[C@@H]4C[C@@H]2C3)CC1. The van der Waals surface area contributed by atoms with Crippen LogP contribution in [0.2, 0.25) is 0 Å². The van der Waals surface area contributed by atoms with E-state index in [0.717, 1.165) is 25.9 Å². The van der Waals surface area contributed by atoms with Gasteiger partial charge in [-0.2, -0.15) is 0 Å². The average Bonchev–Trinajstić information content (AvgIpc) is 3.43. The Hall–Kier alpha value is -4.09. The number of fused-ring (bicyclic) bond motifs is 3. The number of benzene rings is 1. The highest BCUT2D eigenvalue weighted by atomic mass is 16.3. The third-order valence-electron chi connectivity index (χ3n) is 8.97. The van der Waals surface area contributed by atoms with Gasteiger partial charge in [0.05, 0.1) is 23.8 Å². The van der Waals surface area contributed by atoms with Gasteiger partial charge in [-0.3, -0.25) is 14.4 Å². The number of ketones is 2. The van der Waals surface area contributed by atoms with Crippen LogP contribution in [0.3, 0.4) is 0 Å². The lowest BCUT2D eigenvalue weighted by molar-refractivity contribution is -0.144. The molecule has 1 saturated heterocycles. The lowest BCUT2D eigenvalue weighted by Crippen LogP contribution is -2.57. The number of primary amides is 1. The van der Waals surface area contributed by atoms with Crippen LogP contribution in [-0.2, 0) is 16.0 Å². The number of amides is 1. The molecule has 11 nitrogen and oxygen atoms in total. The van der Waals surface area contributed by atoms with Crippen molar-refractivity contribution in [2.75, 3.05) is 25.5 Å². The van der Waals surface area contributed by atoms with E-state index >= 15 is 0 Å². The molecule has 3 atom stereocenters. The standard InChI is InChI=1S/C29H31N3O8/c1-32-5-2-16(3-6-32)31-19-11-17(13-4-7-40-12-13)18-9-14-8-15-10-20(33)23(28(30)38)27(37)29(15,39)26(36)21(14)25(35)22(18)24(19)34/h4,7,11-12,14-16,31,33-34,36,39H,2-3,5-6,8-10H2,1H3,(H2,30,38)/t14-,15+,29+/m1/s1. The van der Waals surface area contributed by atoms with Crippen LogP contribution in [0.5, 0.6) is 5.75 Å². The summed E-state index contributed by atoms with van der Waals surface area (Å²) in [7, 11) is 2.04. The van der Waals surface area contributed by atoms with E-state index in [2.05, 4.69) is 10.2 Å². The van der Waals surface area contributed by atoms with Crippen molar-refractivity contribution < 1.29 is 39.2 Å².